The topological polar surface area (TPSA) is 105 Å². The van der Waals surface area contributed by atoms with Crippen molar-refractivity contribution in [1.29, 1.82) is 5.26 Å². The summed E-state index contributed by atoms with van der Waals surface area (Å²) in [6.07, 6.45) is 10.0. The van der Waals surface area contributed by atoms with Gasteiger partial charge in [-0.1, -0.05) is 58.0 Å². The molecule has 238 valence electrons. The number of likely N-dealkylation sites (tertiary alicyclic amines) is 1. The quantitative estimate of drug-likeness (QED) is 0.253. The van der Waals surface area contributed by atoms with Gasteiger partial charge in [0.25, 0.3) is 0 Å². The molecule has 2 atom stereocenters. The maximum atomic E-state index is 9.08. The van der Waals surface area contributed by atoms with E-state index in [0.717, 1.165) is 72.6 Å². The van der Waals surface area contributed by atoms with E-state index in [2.05, 4.69) is 60.1 Å². The molecule has 9 nitrogen and oxygen atoms in total. The van der Waals surface area contributed by atoms with Crippen molar-refractivity contribution >= 4 is 5.82 Å². The zero-order valence-corrected chi connectivity index (χ0v) is 27.4. The fourth-order valence-electron chi connectivity index (χ4n) is 8.99. The molecule has 4 aromatic rings. The van der Waals surface area contributed by atoms with Gasteiger partial charge < -0.3 is 15.0 Å². The lowest BCUT2D eigenvalue weighted by molar-refractivity contribution is -0.273. The minimum atomic E-state index is 0.209. The average molecular weight is 617 g/mol. The second kappa shape index (κ2) is 12.5. The molecule has 5 heterocycles. The van der Waals surface area contributed by atoms with Crippen LogP contribution in [0.15, 0.2) is 61.1 Å². The Hall–Kier alpha value is -4.29. The van der Waals surface area contributed by atoms with Gasteiger partial charge in [-0.05, 0) is 61.5 Å². The normalized spacial score (nSPS) is 26.7. The number of hydrogen-bond acceptors (Lipinski definition) is 8. The number of rotatable bonds is 6. The molecule has 1 saturated heterocycles. The van der Waals surface area contributed by atoms with E-state index in [0.29, 0.717) is 12.8 Å². The maximum absolute atomic E-state index is 9.08. The molecule has 4 fully saturated rings. The summed E-state index contributed by atoms with van der Waals surface area (Å²) in [4.78, 5) is 20.8. The first-order valence-electron chi connectivity index (χ1n) is 17.2. The summed E-state index contributed by atoms with van der Waals surface area (Å²) in [5.74, 6) is 6.05. The number of imidazole rings is 1. The highest BCUT2D eigenvalue weighted by Crippen LogP contribution is 2.80. The lowest BCUT2D eigenvalue weighted by Gasteiger charge is -2.79. The first kappa shape index (κ1) is 30.4. The highest BCUT2D eigenvalue weighted by Gasteiger charge is 2.77. The van der Waals surface area contributed by atoms with Crippen LogP contribution in [0.3, 0.4) is 0 Å². The van der Waals surface area contributed by atoms with Crippen LogP contribution in [0.4, 0.5) is 5.82 Å². The standard InChI is InChI=1S/C33H32N8O.2C2H6/c34-16-28-36-11-7-27(38-28)37-21-8-12-40(13-9-21)18-25-22-14-33(15-23(25)29(22)33)31-30(20-4-2-1-3-5-20)41-19-42-26-6-10-35-17-24(26)32(41)39-31;2*1-2/h1-7,10-11,17,21-23,25,29H,8-9,12-15,18-19H2,(H,36,37,38);2*1-2H3. The number of nitriles is 1. The molecule has 9 heteroatoms. The first-order valence-corrected chi connectivity index (χ1v) is 17.2. The van der Waals surface area contributed by atoms with Crippen LogP contribution in [0.2, 0.25) is 0 Å². The minimum absolute atomic E-state index is 0.209. The molecule has 46 heavy (non-hydrogen) atoms. The summed E-state index contributed by atoms with van der Waals surface area (Å²) >= 11 is 0. The van der Waals surface area contributed by atoms with Crippen molar-refractivity contribution in [3.8, 4) is 34.5 Å². The van der Waals surface area contributed by atoms with E-state index in [-0.39, 0.29) is 11.2 Å². The summed E-state index contributed by atoms with van der Waals surface area (Å²) in [5, 5.41) is 12.6. The predicted octanol–water partition coefficient (Wildman–Crippen LogP) is 6.78. The van der Waals surface area contributed by atoms with Crippen LogP contribution in [-0.2, 0) is 12.1 Å². The fourth-order valence-corrected chi connectivity index (χ4v) is 8.99. The summed E-state index contributed by atoms with van der Waals surface area (Å²) in [7, 11) is 0. The first-order chi connectivity index (χ1) is 22.7. The van der Waals surface area contributed by atoms with Crippen LogP contribution in [0, 0.1) is 35.0 Å². The summed E-state index contributed by atoms with van der Waals surface area (Å²) in [6, 6.07) is 17.0. The highest BCUT2D eigenvalue weighted by atomic mass is 16.5. The number of aromatic nitrogens is 5. The summed E-state index contributed by atoms with van der Waals surface area (Å²) in [5.41, 5.74) is 4.95. The molecule has 1 aromatic carbocycles. The van der Waals surface area contributed by atoms with Gasteiger partial charge in [-0.25, -0.2) is 15.0 Å². The van der Waals surface area contributed by atoms with Gasteiger partial charge in [0.05, 0.1) is 17.0 Å². The fraction of sp³-hybridized carbons (Fsp3) is 0.486. The van der Waals surface area contributed by atoms with Crippen molar-refractivity contribution in [3.05, 3.63) is 72.6 Å². The summed E-state index contributed by atoms with van der Waals surface area (Å²) in [6.45, 7) is 11.9. The largest absolute Gasteiger partial charge is 0.472 e. The second-order valence-electron chi connectivity index (χ2n) is 12.8. The number of ether oxygens (including phenoxy) is 1. The number of piperidine rings is 1. The van der Waals surface area contributed by atoms with E-state index in [4.69, 9.17) is 15.0 Å². The molecular formula is C37H44N8O. The van der Waals surface area contributed by atoms with E-state index >= 15 is 0 Å². The van der Waals surface area contributed by atoms with E-state index in [9.17, 15) is 0 Å². The van der Waals surface area contributed by atoms with Crippen LogP contribution in [0.25, 0.3) is 22.6 Å². The van der Waals surface area contributed by atoms with Crippen LogP contribution in [-0.4, -0.2) is 55.1 Å². The highest BCUT2D eigenvalue weighted by molar-refractivity contribution is 5.74. The molecule has 3 saturated carbocycles. The molecule has 3 aliphatic carbocycles. The molecule has 0 radical (unpaired) electrons. The van der Waals surface area contributed by atoms with Gasteiger partial charge in [-0.2, -0.15) is 5.26 Å². The van der Waals surface area contributed by atoms with Crippen molar-refractivity contribution in [3.63, 3.8) is 0 Å². The van der Waals surface area contributed by atoms with Crippen LogP contribution < -0.4 is 10.1 Å². The Bertz CT molecular complexity index is 1710. The van der Waals surface area contributed by atoms with Gasteiger partial charge in [0.1, 0.15) is 23.5 Å². The Balaban J connectivity index is 0.000000815. The van der Waals surface area contributed by atoms with E-state index in [1.54, 1.807) is 12.4 Å². The van der Waals surface area contributed by atoms with E-state index in [1.165, 1.54) is 36.3 Å². The van der Waals surface area contributed by atoms with E-state index in [1.807, 2.05) is 52.1 Å². The molecule has 1 N–H and O–H groups in total. The SMILES string of the molecule is CC.CC.N#Cc1nccc(NC2CCN(CC3C4CC5(c6nc7n(c6-c6ccccc6)COc6ccncc6-7)CC3C45)CC2)n1. The third-order valence-corrected chi connectivity index (χ3v) is 10.9. The Morgan fingerprint density at radius 2 is 1.74 bits per heavy atom. The zero-order chi connectivity index (χ0) is 31.8. The van der Waals surface area contributed by atoms with Crippen molar-refractivity contribution in [1.82, 2.24) is 29.4 Å². The monoisotopic (exact) mass is 616 g/mol. The molecule has 3 aromatic heterocycles. The van der Waals surface area contributed by atoms with Gasteiger partial charge in [0.15, 0.2) is 6.73 Å². The Kier molecular flexibility index (Phi) is 8.24. The molecule has 2 unspecified atom stereocenters. The molecular weight excluding hydrogens is 572 g/mol. The number of anilines is 1. The molecule has 0 bridgehead atoms. The lowest BCUT2D eigenvalue weighted by atomic mass is 9.25. The number of benzene rings is 1. The lowest BCUT2D eigenvalue weighted by Crippen LogP contribution is -2.77. The number of hydrogen-bond donors (Lipinski definition) is 1. The molecule has 9 rings (SSSR count). The van der Waals surface area contributed by atoms with Crippen molar-refractivity contribution in [2.24, 2.45) is 23.7 Å². The number of nitrogens with one attached hydrogen (secondary N) is 1. The third kappa shape index (κ3) is 4.77. The van der Waals surface area contributed by atoms with Crippen LogP contribution >= 0.6 is 0 Å². The number of fused-ring (bicyclic) bond motifs is 3. The van der Waals surface area contributed by atoms with Gasteiger partial charge in [0, 0.05) is 55.2 Å². The van der Waals surface area contributed by atoms with Crippen LogP contribution in [0.1, 0.15) is 64.9 Å². The van der Waals surface area contributed by atoms with Gasteiger partial charge in [-0.15, -0.1) is 0 Å². The number of nitrogens with zero attached hydrogens (tertiary/aromatic N) is 7. The summed E-state index contributed by atoms with van der Waals surface area (Å²) < 4.78 is 8.45. The predicted molar refractivity (Wildman–Crippen MR) is 179 cm³/mol. The van der Waals surface area contributed by atoms with Crippen molar-refractivity contribution in [2.75, 3.05) is 25.0 Å². The number of pyridine rings is 1. The smallest absolute Gasteiger partial charge is 0.234 e. The van der Waals surface area contributed by atoms with Gasteiger partial charge in [-0.3, -0.25) is 9.55 Å². The van der Waals surface area contributed by atoms with Gasteiger partial charge >= 0.3 is 0 Å². The molecule has 0 spiro atoms. The second-order valence-corrected chi connectivity index (χ2v) is 12.8. The third-order valence-electron chi connectivity index (χ3n) is 10.9. The zero-order valence-electron chi connectivity index (χ0n) is 27.4. The van der Waals surface area contributed by atoms with Crippen molar-refractivity contribution in [2.45, 2.75) is 71.6 Å². The van der Waals surface area contributed by atoms with Crippen LogP contribution in [0.5, 0.6) is 5.75 Å². The Labute approximate surface area is 272 Å². The van der Waals surface area contributed by atoms with E-state index < -0.39 is 0 Å². The molecule has 5 aliphatic rings. The Morgan fingerprint density at radius 3 is 2.46 bits per heavy atom. The van der Waals surface area contributed by atoms with Gasteiger partial charge in [0.2, 0.25) is 5.82 Å². The van der Waals surface area contributed by atoms with Crippen molar-refractivity contribution < 1.29 is 4.74 Å². The molecule has 0 amide bonds. The Morgan fingerprint density at radius 1 is 0.978 bits per heavy atom. The average Bonchev–Trinajstić information content (AvgIpc) is 3.52. The maximum Gasteiger partial charge on any atom is 0.234 e. The minimum Gasteiger partial charge on any atom is -0.472 e. The molecule has 2 aliphatic heterocycles.